The first-order chi connectivity index (χ1) is 19.9. The summed E-state index contributed by atoms with van der Waals surface area (Å²) in [4.78, 5) is 37.6. The number of carbonyl (C=O) groups is 2. The van der Waals surface area contributed by atoms with Gasteiger partial charge in [0.15, 0.2) is 5.78 Å². The molecule has 38 heavy (non-hydrogen) atoms. The van der Waals surface area contributed by atoms with Gasteiger partial charge in [-0.05, 0) is 32.0 Å². The lowest BCUT2D eigenvalue weighted by atomic mass is 10.1. The van der Waals surface area contributed by atoms with E-state index in [1.54, 1.807) is 11.4 Å². The van der Waals surface area contributed by atoms with E-state index in [9.17, 15) is 18.0 Å². The number of thiazole rings is 1. The number of hydrogen-bond donors (Lipinski definition) is 1. The molecule has 13 heteroatoms. The minimum absolute atomic E-state index is 0.0367. The van der Waals surface area contributed by atoms with Crippen LogP contribution < -0.4 is 10.2 Å². The predicted molar refractivity (Wildman–Crippen MR) is 144 cm³/mol. The van der Waals surface area contributed by atoms with Crippen LogP contribution in [0.2, 0.25) is 0 Å². The summed E-state index contributed by atoms with van der Waals surface area (Å²) in [6.07, 6.45) is 2.63. The standard InChI is InChI=1S/C25H31N5O6S2/c1-16-11-29(12-17(2)36-16)23-7-5-6-19(26-23)21-15-37-24(27-21)10-22(31)20(14-35-3)28-25(32)18-8-9-30(13-18)38(4,33)34/h5-9,13,15-17,20H,10-12,14H2,1-4H3,(H,28,32)/i3D3,14D2. The van der Waals surface area contributed by atoms with E-state index in [0.717, 1.165) is 45.8 Å². The van der Waals surface area contributed by atoms with E-state index in [-0.39, 0.29) is 22.8 Å². The molecule has 3 aromatic rings. The maximum Gasteiger partial charge on any atom is 0.253 e. The smallest absolute Gasteiger partial charge is 0.253 e. The van der Waals surface area contributed by atoms with Crippen molar-refractivity contribution in [1.29, 1.82) is 0 Å². The van der Waals surface area contributed by atoms with E-state index < -0.39 is 47.8 Å². The van der Waals surface area contributed by atoms with E-state index >= 15 is 0 Å². The SMILES string of the molecule is [2H]C([2H])([2H])OC([2H])([2H])C(NC(=O)c1ccn(S(C)(=O)=O)c1)C(=O)Cc1nc(-c2cccc(N3CC(C)OC(C)C3)n2)cs1. The molecular weight excluding hydrogens is 530 g/mol. The van der Waals surface area contributed by atoms with Crippen LogP contribution >= 0.6 is 11.3 Å². The predicted octanol–water partition coefficient (Wildman–Crippen LogP) is 1.98. The van der Waals surface area contributed by atoms with Gasteiger partial charge in [0.2, 0.25) is 10.0 Å². The molecular formula is C25H31N5O6S2. The van der Waals surface area contributed by atoms with Crippen molar-refractivity contribution >= 4 is 38.9 Å². The van der Waals surface area contributed by atoms with Gasteiger partial charge in [-0.3, -0.25) is 13.6 Å². The molecule has 1 aliphatic rings. The van der Waals surface area contributed by atoms with Gasteiger partial charge >= 0.3 is 0 Å². The lowest BCUT2D eigenvalue weighted by Gasteiger charge is -2.36. The monoisotopic (exact) mass is 566 g/mol. The van der Waals surface area contributed by atoms with Gasteiger partial charge in [0.05, 0.1) is 55.2 Å². The molecule has 0 aliphatic carbocycles. The highest BCUT2D eigenvalue weighted by atomic mass is 32.2. The molecule has 1 saturated heterocycles. The summed E-state index contributed by atoms with van der Waals surface area (Å²) >= 11 is 1.11. The van der Waals surface area contributed by atoms with E-state index in [2.05, 4.69) is 19.9 Å². The second-order valence-electron chi connectivity index (χ2n) is 8.93. The zero-order valence-electron chi connectivity index (χ0n) is 25.9. The van der Waals surface area contributed by atoms with Gasteiger partial charge in [0, 0.05) is 37.9 Å². The Hall–Kier alpha value is -3.13. The maximum absolute atomic E-state index is 13.4. The number of pyridine rings is 1. The molecule has 204 valence electrons. The first-order valence-corrected chi connectivity index (χ1v) is 14.4. The van der Waals surface area contributed by atoms with E-state index in [4.69, 9.17) is 16.6 Å². The van der Waals surface area contributed by atoms with Gasteiger partial charge < -0.3 is 19.7 Å². The van der Waals surface area contributed by atoms with Crippen LogP contribution in [0.15, 0.2) is 42.0 Å². The van der Waals surface area contributed by atoms with Crippen molar-refractivity contribution in [1.82, 2.24) is 19.3 Å². The van der Waals surface area contributed by atoms with Crippen LogP contribution in [0.1, 0.15) is 36.1 Å². The normalized spacial score (nSPS) is 21.4. The molecule has 0 spiro atoms. The van der Waals surface area contributed by atoms with Crippen LogP contribution in [-0.4, -0.2) is 85.2 Å². The molecule has 1 fully saturated rings. The van der Waals surface area contributed by atoms with Gasteiger partial charge in [0.25, 0.3) is 5.91 Å². The third kappa shape index (κ3) is 6.84. The fourth-order valence-corrected chi connectivity index (χ4v) is 5.42. The summed E-state index contributed by atoms with van der Waals surface area (Å²) in [6, 6.07) is 4.59. The highest BCUT2D eigenvalue weighted by Crippen LogP contribution is 2.25. The lowest BCUT2D eigenvalue weighted by Crippen LogP contribution is -2.45. The minimum atomic E-state index is -3.71. The largest absolute Gasteiger partial charge is 0.382 e. The average Bonchev–Trinajstić information content (AvgIpc) is 3.55. The van der Waals surface area contributed by atoms with Crippen LogP contribution in [0, 0.1) is 0 Å². The number of nitrogens with one attached hydrogen (secondary N) is 1. The molecule has 3 aromatic heterocycles. The van der Waals surface area contributed by atoms with Crippen molar-refractivity contribution in [3.05, 3.63) is 52.6 Å². The number of nitrogens with zero attached hydrogens (tertiary/aromatic N) is 4. The molecule has 3 unspecified atom stereocenters. The summed E-state index contributed by atoms with van der Waals surface area (Å²) in [6.45, 7) is 2.17. The number of Topliss-reactive ketones (excluding diaryl/α,β-unsaturated/α-hetero) is 1. The minimum Gasteiger partial charge on any atom is -0.382 e. The third-order valence-corrected chi connectivity index (χ3v) is 7.55. The Morgan fingerprint density at radius 2 is 2.03 bits per heavy atom. The van der Waals surface area contributed by atoms with Gasteiger partial charge in [0.1, 0.15) is 16.9 Å². The Morgan fingerprint density at radius 3 is 2.71 bits per heavy atom. The Morgan fingerprint density at radius 1 is 1.26 bits per heavy atom. The van der Waals surface area contributed by atoms with Crippen molar-refractivity contribution in [2.75, 3.05) is 37.8 Å². The zero-order valence-corrected chi connectivity index (χ0v) is 22.6. The first-order valence-electron chi connectivity index (χ1n) is 14.2. The quantitative estimate of drug-likeness (QED) is 0.391. The number of anilines is 1. The highest BCUT2D eigenvalue weighted by Gasteiger charge is 2.25. The average molecular weight is 567 g/mol. The van der Waals surface area contributed by atoms with E-state index in [1.165, 1.54) is 0 Å². The molecule has 1 aliphatic heterocycles. The highest BCUT2D eigenvalue weighted by molar-refractivity contribution is 7.89. The summed E-state index contributed by atoms with van der Waals surface area (Å²) in [7, 11) is -6.94. The van der Waals surface area contributed by atoms with Gasteiger partial charge in [-0.15, -0.1) is 11.3 Å². The van der Waals surface area contributed by atoms with Crippen LogP contribution in [0.4, 0.5) is 5.82 Å². The molecule has 0 saturated carbocycles. The summed E-state index contributed by atoms with van der Waals surface area (Å²) in [5.74, 6) is -1.18. The number of methoxy groups -OCH3 is 1. The number of rotatable bonds is 10. The van der Waals surface area contributed by atoms with Crippen LogP contribution in [0.3, 0.4) is 0 Å². The molecule has 0 bridgehead atoms. The molecule has 3 atom stereocenters. The fourth-order valence-electron chi connectivity index (χ4n) is 4.03. The van der Waals surface area contributed by atoms with Crippen molar-refractivity contribution in [2.45, 2.75) is 38.5 Å². The molecule has 1 amide bonds. The molecule has 0 aromatic carbocycles. The fraction of sp³-hybridized carbons (Fsp3) is 0.440. The van der Waals surface area contributed by atoms with Crippen molar-refractivity contribution in [3.8, 4) is 11.4 Å². The van der Waals surface area contributed by atoms with Crippen LogP contribution in [-0.2, 0) is 30.7 Å². The molecule has 0 radical (unpaired) electrons. The van der Waals surface area contributed by atoms with Crippen molar-refractivity contribution in [3.63, 3.8) is 0 Å². The molecule has 11 nitrogen and oxygen atoms in total. The first kappa shape index (κ1) is 21.8. The number of ether oxygens (including phenoxy) is 2. The summed E-state index contributed by atoms with van der Waals surface area (Å²) in [5, 5.41) is 4.13. The summed E-state index contributed by atoms with van der Waals surface area (Å²) in [5.41, 5.74) is 0.841. The van der Waals surface area contributed by atoms with Crippen molar-refractivity contribution < 1.29 is 34.3 Å². The number of carbonyl (C=O) groups excluding carboxylic acids is 2. The second-order valence-corrected chi connectivity index (χ2v) is 11.8. The topological polar surface area (TPSA) is 133 Å². The Bertz CT molecular complexity index is 1580. The van der Waals surface area contributed by atoms with Gasteiger partial charge in [-0.1, -0.05) is 6.07 Å². The number of hydrogen-bond acceptors (Lipinski definition) is 10. The zero-order chi connectivity index (χ0) is 31.7. The number of ketones is 1. The Balaban J connectivity index is 1.54. The van der Waals surface area contributed by atoms with Gasteiger partial charge in [-0.25, -0.2) is 18.4 Å². The maximum atomic E-state index is 13.4. The van der Waals surface area contributed by atoms with E-state index in [1.807, 2.05) is 26.0 Å². The number of amides is 1. The Kier molecular flexibility index (Phi) is 6.72. The molecule has 4 rings (SSSR count). The number of aromatic nitrogens is 3. The van der Waals surface area contributed by atoms with Crippen molar-refractivity contribution in [2.24, 2.45) is 0 Å². The van der Waals surface area contributed by atoms with Gasteiger partial charge in [-0.2, -0.15) is 0 Å². The van der Waals surface area contributed by atoms with Crippen LogP contribution in [0.5, 0.6) is 0 Å². The van der Waals surface area contributed by atoms with Crippen LogP contribution in [0.25, 0.3) is 11.4 Å². The summed E-state index contributed by atoms with van der Waals surface area (Å²) < 4.78 is 73.0. The second kappa shape index (κ2) is 11.7. The third-order valence-electron chi connectivity index (χ3n) is 5.70. The van der Waals surface area contributed by atoms with E-state index in [0.29, 0.717) is 24.5 Å². The molecule has 4 heterocycles. The lowest BCUT2D eigenvalue weighted by molar-refractivity contribution is -0.121. The Labute approximate surface area is 232 Å². The number of morpholine rings is 1. The molecule has 1 N–H and O–H groups in total.